The molecular formula is C21H44N6O5. The molecule has 0 heterocycles. The van der Waals surface area contributed by atoms with Crippen LogP contribution in [0.5, 0.6) is 0 Å². The summed E-state index contributed by atoms with van der Waals surface area (Å²) < 4.78 is 4.63. The molecule has 0 saturated carbocycles. The summed E-state index contributed by atoms with van der Waals surface area (Å²) in [4.78, 5) is 37.5. The average Bonchev–Trinajstić information content (AvgIpc) is 2.76. The van der Waals surface area contributed by atoms with Crippen LogP contribution in [0.2, 0.25) is 0 Å². The number of amides is 2. The van der Waals surface area contributed by atoms with Gasteiger partial charge in [0, 0.05) is 6.54 Å². The van der Waals surface area contributed by atoms with Gasteiger partial charge >= 0.3 is 6.16 Å². The van der Waals surface area contributed by atoms with Crippen LogP contribution < -0.4 is 27.8 Å². The van der Waals surface area contributed by atoms with Crippen LogP contribution in [0.1, 0.15) is 57.8 Å². The molecule has 0 saturated heterocycles. The van der Waals surface area contributed by atoms with Crippen LogP contribution in [-0.2, 0) is 14.3 Å². The summed E-state index contributed by atoms with van der Waals surface area (Å²) in [7, 11) is 0. The maximum absolute atomic E-state index is 12.7. The first-order valence-electron chi connectivity index (χ1n) is 11.7. The van der Waals surface area contributed by atoms with Gasteiger partial charge in [-0.3, -0.25) is 9.59 Å². The number of nitrogens with one attached hydrogen (secondary N) is 2. The minimum atomic E-state index is -1.39. The number of unbranched alkanes of at least 4 members (excludes halogenated alkanes) is 5. The van der Waals surface area contributed by atoms with E-state index in [2.05, 4.69) is 15.4 Å². The van der Waals surface area contributed by atoms with Crippen molar-refractivity contribution in [3.8, 4) is 0 Å². The Hall–Kier alpha value is -1.95. The summed E-state index contributed by atoms with van der Waals surface area (Å²) >= 11 is 0. The maximum atomic E-state index is 12.7. The second-order valence-corrected chi connectivity index (χ2v) is 7.82. The van der Waals surface area contributed by atoms with Crippen LogP contribution >= 0.6 is 0 Å². The Balaban J connectivity index is 4.71. The summed E-state index contributed by atoms with van der Waals surface area (Å²) in [5.74, 6) is -0.486. The number of nitrogens with two attached hydrogens (primary N) is 3. The Morgan fingerprint density at radius 1 is 0.875 bits per heavy atom. The highest BCUT2D eigenvalue weighted by Gasteiger charge is 2.20. The van der Waals surface area contributed by atoms with E-state index in [4.69, 9.17) is 22.3 Å². The first-order valence-corrected chi connectivity index (χ1v) is 11.7. The molecule has 11 nitrogen and oxygen atoms in total. The fourth-order valence-electron chi connectivity index (χ4n) is 3.14. The summed E-state index contributed by atoms with van der Waals surface area (Å²) in [6.45, 7) is 2.89. The van der Waals surface area contributed by atoms with Crippen molar-refractivity contribution in [1.29, 1.82) is 0 Å². The summed E-state index contributed by atoms with van der Waals surface area (Å²) in [5, 5.41) is 14.7. The Morgan fingerprint density at radius 2 is 1.50 bits per heavy atom. The van der Waals surface area contributed by atoms with Crippen LogP contribution in [-0.4, -0.2) is 86.4 Å². The lowest BCUT2D eigenvalue weighted by molar-refractivity contribution is -0.135. The Morgan fingerprint density at radius 3 is 2.12 bits per heavy atom. The van der Waals surface area contributed by atoms with Crippen LogP contribution in [0, 0.1) is 0 Å². The molecule has 0 aromatic rings. The molecule has 0 aliphatic rings. The van der Waals surface area contributed by atoms with Crippen molar-refractivity contribution in [3.05, 3.63) is 0 Å². The van der Waals surface area contributed by atoms with Crippen LogP contribution in [0.4, 0.5) is 4.79 Å². The largest absolute Gasteiger partial charge is 0.505 e. The number of nitrogens with zero attached hydrogens (tertiary/aromatic N) is 1. The molecule has 188 valence electrons. The molecule has 0 aliphatic heterocycles. The SMILES string of the molecule is NCCCCCNCC(=O)N(CCCCCN)CC(=O)N[C@H](CCCCN)COC(=O)O. The molecule has 0 fully saturated rings. The number of carbonyl (C=O) groups is 3. The van der Waals surface area contributed by atoms with Gasteiger partial charge < -0.3 is 42.6 Å². The predicted molar refractivity (Wildman–Crippen MR) is 124 cm³/mol. The fourth-order valence-corrected chi connectivity index (χ4v) is 3.14. The van der Waals surface area contributed by atoms with Crippen molar-refractivity contribution in [2.24, 2.45) is 17.2 Å². The standard InChI is InChI=1S/C21H44N6O5/c22-10-4-1-7-13-25-15-20(29)27(14-8-2-5-11-23)16-19(28)26-18(9-3-6-12-24)17-32-21(30)31/h18,25H,1-17,22-24H2,(H,26,28)(H,30,31)/t18-/m1/s1. The molecule has 0 bridgehead atoms. The lowest BCUT2D eigenvalue weighted by Gasteiger charge is -2.24. The van der Waals surface area contributed by atoms with Gasteiger partial charge in [0.1, 0.15) is 6.61 Å². The summed E-state index contributed by atoms with van der Waals surface area (Å²) in [5.41, 5.74) is 16.5. The topological polar surface area (TPSA) is 186 Å². The van der Waals surface area contributed by atoms with Gasteiger partial charge in [-0.05, 0) is 64.7 Å². The van der Waals surface area contributed by atoms with Gasteiger partial charge in [0.2, 0.25) is 11.8 Å². The minimum absolute atomic E-state index is 0.0865. The number of ether oxygens (including phenoxy) is 1. The van der Waals surface area contributed by atoms with Crippen LogP contribution in [0.25, 0.3) is 0 Å². The number of carbonyl (C=O) groups excluding carboxylic acids is 2. The van der Waals surface area contributed by atoms with Gasteiger partial charge in [-0.25, -0.2) is 4.79 Å². The van der Waals surface area contributed by atoms with E-state index < -0.39 is 12.2 Å². The Labute approximate surface area is 191 Å². The lowest BCUT2D eigenvalue weighted by atomic mass is 10.1. The van der Waals surface area contributed by atoms with Gasteiger partial charge in [0.05, 0.1) is 19.1 Å². The maximum Gasteiger partial charge on any atom is 0.505 e. The van der Waals surface area contributed by atoms with E-state index in [0.29, 0.717) is 39.1 Å². The molecule has 0 radical (unpaired) electrons. The second kappa shape index (κ2) is 20.9. The van der Waals surface area contributed by atoms with Crippen LogP contribution in [0.3, 0.4) is 0 Å². The summed E-state index contributed by atoms with van der Waals surface area (Å²) in [6.07, 6.45) is 6.06. The van der Waals surface area contributed by atoms with Crippen molar-refractivity contribution in [1.82, 2.24) is 15.5 Å². The first-order chi connectivity index (χ1) is 15.4. The number of rotatable bonds is 21. The highest BCUT2D eigenvalue weighted by molar-refractivity contribution is 5.85. The van der Waals surface area contributed by atoms with Gasteiger partial charge in [-0.2, -0.15) is 0 Å². The third-order valence-corrected chi connectivity index (χ3v) is 4.93. The van der Waals surface area contributed by atoms with Gasteiger partial charge in [-0.1, -0.05) is 19.3 Å². The molecule has 0 aliphatic carbocycles. The number of hydrogen-bond acceptors (Lipinski definition) is 8. The smallest absolute Gasteiger partial charge is 0.450 e. The van der Waals surface area contributed by atoms with E-state index >= 15 is 0 Å². The monoisotopic (exact) mass is 460 g/mol. The normalized spacial score (nSPS) is 11.7. The zero-order valence-electron chi connectivity index (χ0n) is 19.4. The Bertz CT molecular complexity index is 509. The molecule has 0 aromatic carbocycles. The van der Waals surface area contributed by atoms with E-state index in [1.165, 1.54) is 4.90 Å². The van der Waals surface area contributed by atoms with E-state index in [1.807, 2.05) is 0 Å². The molecule has 0 rings (SSSR count). The summed E-state index contributed by atoms with van der Waals surface area (Å²) in [6, 6.07) is -0.458. The molecule has 1 atom stereocenters. The predicted octanol–water partition coefficient (Wildman–Crippen LogP) is -0.0290. The molecule has 0 spiro atoms. The lowest BCUT2D eigenvalue weighted by Crippen LogP contribution is -2.48. The molecule has 2 amide bonds. The van der Waals surface area contributed by atoms with E-state index in [1.54, 1.807) is 0 Å². The zero-order valence-corrected chi connectivity index (χ0v) is 19.4. The molecule has 0 unspecified atom stereocenters. The third-order valence-electron chi connectivity index (χ3n) is 4.93. The number of carboxylic acid groups (broad SMARTS) is 1. The van der Waals surface area contributed by atoms with Crippen molar-refractivity contribution >= 4 is 18.0 Å². The van der Waals surface area contributed by atoms with Crippen molar-refractivity contribution in [2.75, 3.05) is 52.4 Å². The van der Waals surface area contributed by atoms with E-state index in [-0.39, 0.29) is 31.5 Å². The molecular weight excluding hydrogens is 416 g/mol. The van der Waals surface area contributed by atoms with Crippen LogP contribution in [0.15, 0.2) is 0 Å². The Kier molecular flexibility index (Phi) is 19.7. The highest BCUT2D eigenvalue weighted by atomic mass is 16.7. The van der Waals surface area contributed by atoms with Gasteiger partial charge in [-0.15, -0.1) is 0 Å². The van der Waals surface area contributed by atoms with E-state index in [9.17, 15) is 14.4 Å². The average molecular weight is 461 g/mol. The quantitative estimate of drug-likeness (QED) is 0.101. The second-order valence-electron chi connectivity index (χ2n) is 7.82. The highest BCUT2D eigenvalue weighted by Crippen LogP contribution is 2.04. The van der Waals surface area contributed by atoms with E-state index in [0.717, 1.165) is 51.4 Å². The van der Waals surface area contributed by atoms with Crippen molar-refractivity contribution in [2.45, 2.75) is 63.8 Å². The van der Waals surface area contributed by atoms with Crippen molar-refractivity contribution in [3.63, 3.8) is 0 Å². The van der Waals surface area contributed by atoms with Gasteiger partial charge in [0.25, 0.3) is 0 Å². The molecule has 11 heteroatoms. The fraction of sp³-hybridized carbons (Fsp3) is 0.857. The third kappa shape index (κ3) is 17.7. The zero-order chi connectivity index (χ0) is 24.0. The first kappa shape index (κ1) is 30.0. The molecule has 9 N–H and O–H groups in total. The molecule has 32 heavy (non-hydrogen) atoms. The van der Waals surface area contributed by atoms with Gasteiger partial charge in [0.15, 0.2) is 0 Å². The number of hydrogen-bond donors (Lipinski definition) is 6. The molecule has 0 aromatic heterocycles. The minimum Gasteiger partial charge on any atom is -0.450 e. The van der Waals surface area contributed by atoms with Crippen molar-refractivity contribution < 1.29 is 24.2 Å².